The first-order valence-corrected chi connectivity index (χ1v) is 9.42. The molecule has 4 unspecified atom stereocenters. The third-order valence-electron chi connectivity index (χ3n) is 4.63. The number of nitrogens with zero attached hydrogens (tertiary/aromatic N) is 1. The van der Waals surface area contributed by atoms with Crippen LogP contribution in [-0.4, -0.2) is 98.3 Å². The summed E-state index contributed by atoms with van der Waals surface area (Å²) < 4.78 is 0. The number of hydrogen-bond acceptors (Lipinski definition) is 8. The van der Waals surface area contributed by atoms with Crippen molar-refractivity contribution in [3.8, 4) is 0 Å². The minimum Gasteiger partial charge on any atom is -0.481 e. The molecule has 1 aliphatic heterocycles. The van der Waals surface area contributed by atoms with Crippen molar-refractivity contribution in [2.24, 2.45) is 5.73 Å². The summed E-state index contributed by atoms with van der Waals surface area (Å²) in [6.45, 7) is -0.753. The number of aliphatic hydroxyl groups excluding tert-OH is 1. The van der Waals surface area contributed by atoms with Gasteiger partial charge in [-0.25, -0.2) is 4.79 Å². The topological polar surface area (TPSA) is 237 Å². The molecule has 1 rings (SSSR count). The summed E-state index contributed by atoms with van der Waals surface area (Å²) in [4.78, 5) is 71.0. The van der Waals surface area contributed by atoms with Gasteiger partial charge in [-0.2, -0.15) is 0 Å². The molecule has 1 saturated heterocycles. The average molecular weight is 446 g/mol. The highest BCUT2D eigenvalue weighted by atomic mass is 16.4. The number of nitrogens with one attached hydrogen (secondary N) is 2. The Kier molecular flexibility index (Phi) is 9.82. The van der Waals surface area contributed by atoms with Crippen LogP contribution >= 0.6 is 0 Å². The van der Waals surface area contributed by atoms with Crippen LogP contribution in [0.25, 0.3) is 0 Å². The Hall–Kier alpha value is -3.26. The smallest absolute Gasteiger partial charge is 0.326 e. The van der Waals surface area contributed by atoms with Crippen molar-refractivity contribution in [3.05, 3.63) is 0 Å². The molecule has 0 saturated carbocycles. The van der Waals surface area contributed by atoms with Crippen LogP contribution in [0.15, 0.2) is 0 Å². The summed E-state index contributed by atoms with van der Waals surface area (Å²) in [5.74, 6) is -6.75. The van der Waals surface area contributed by atoms with E-state index in [1.807, 2.05) is 0 Å². The number of carboxylic acid groups (broad SMARTS) is 3. The van der Waals surface area contributed by atoms with E-state index >= 15 is 0 Å². The molecule has 174 valence electrons. The van der Waals surface area contributed by atoms with Crippen LogP contribution < -0.4 is 16.4 Å². The maximum Gasteiger partial charge on any atom is 0.326 e. The van der Waals surface area contributed by atoms with Gasteiger partial charge < -0.3 is 41.7 Å². The van der Waals surface area contributed by atoms with Crippen molar-refractivity contribution in [2.75, 3.05) is 13.2 Å². The van der Waals surface area contributed by atoms with Gasteiger partial charge in [0.1, 0.15) is 18.1 Å². The SMILES string of the molecule is NC(CC(=O)O)C(=O)NC(CCC(=O)O)C(=O)NC(CO)C(=O)N1CCCC1C(=O)O. The molecule has 1 fully saturated rings. The van der Waals surface area contributed by atoms with Crippen LogP contribution in [0.2, 0.25) is 0 Å². The summed E-state index contributed by atoms with van der Waals surface area (Å²) in [7, 11) is 0. The van der Waals surface area contributed by atoms with E-state index in [-0.39, 0.29) is 13.0 Å². The second kappa shape index (κ2) is 11.8. The third-order valence-corrected chi connectivity index (χ3v) is 4.63. The number of rotatable bonds is 12. The van der Waals surface area contributed by atoms with E-state index in [2.05, 4.69) is 10.6 Å². The zero-order valence-electron chi connectivity index (χ0n) is 16.5. The number of nitrogens with two attached hydrogens (primary N) is 1. The molecular formula is C17H26N4O10. The molecule has 0 bridgehead atoms. The van der Waals surface area contributed by atoms with Gasteiger partial charge in [-0.3, -0.25) is 24.0 Å². The minimum absolute atomic E-state index is 0.116. The van der Waals surface area contributed by atoms with Crippen LogP contribution in [0.3, 0.4) is 0 Å². The molecule has 31 heavy (non-hydrogen) atoms. The molecule has 0 aromatic carbocycles. The van der Waals surface area contributed by atoms with Gasteiger partial charge in [-0.1, -0.05) is 0 Å². The molecule has 3 amide bonds. The van der Waals surface area contributed by atoms with Crippen molar-refractivity contribution < 1.29 is 49.2 Å². The fourth-order valence-corrected chi connectivity index (χ4v) is 3.04. The monoisotopic (exact) mass is 446 g/mol. The summed E-state index contributed by atoms with van der Waals surface area (Å²) in [6.07, 6.45) is -1.04. The van der Waals surface area contributed by atoms with E-state index in [1.165, 1.54) is 0 Å². The molecule has 1 heterocycles. The Bertz CT molecular complexity index is 728. The molecule has 0 radical (unpaired) electrons. The number of aliphatic carboxylic acids is 3. The van der Waals surface area contributed by atoms with Crippen LogP contribution in [0.5, 0.6) is 0 Å². The largest absolute Gasteiger partial charge is 0.481 e. The second-order valence-electron chi connectivity index (χ2n) is 6.97. The number of carbonyl (C=O) groups excluding carboxylic acids is 3. The summed E-state index contributed by atoms with van der Waals surface area (Å²) in [6, 6.07) is -5.62. The van der Waals surface area contributed by atoms with Crippen molar-refractivity contribution in [2.45, 2.75) is 56.3 Å². The Morgan fingerprint density at radius 2 is 1.58 bits per heavy atom. The first-order valence-electron chi connectivity index (χ1n) is 9.42. The molecule has 14 nitrogen and oxygen atoms in total. The lowest BCUT2D eigenvalue weighted by atomic mass is 10.1. The molecule has 0 aliphatic carbocycles. The zero-order chi connectivity index (χ0) is 23.7. The molecular weight excluding hydrogens is 420 g/mol. The maximum atomic E-state index is 12.6. The summed E-state index contributed by atoms with van der Waals surface area (Å²) in [5, 5.41) is 40.6. The summed E-state index contributed by atoms with van der Waals surface area (Å²) >= 11 is 0. The first-order chi connectivity index (χ1) is 14.5. The zero-order valence-corrected chi connectivity index (χ0v) is 16.5. The maximum absolute atomic E-state index is 12.6. The lowest BCUT2D eigenvalue weighted by molar-refractivity contribution is -0.150. The van der Waals surface area contributed by atoms with Gasteiger partial charge in [-0.15, -0.1) is 0 Å². The third kappa shape index (κ3) is 7.82. The first kappa shape index (κ1) is 25.8. The highest BCUT2D eigenvalue weighted by Crippen LogP contribution is 2.18. The van der Waals surface area contributed by atoms with Gasteiger partial charge in [0.2, 0.25) is 17.7 Å². The van der Waals surface area contributed by atoms with Crippen LogP contribution in [0.1, 0.15) is 32.1 Å². The average Bonchev–Trinajstić information content (AvgIpc) is 3.17. The van der Waals surface area contributed by atoms with Crippen LogP contribution in [0, 0.1) is 0 Å². The van der Waals surface area contributed by atoms with E-state index in [9.17, 15) is 39.0 Å². The summed E-state index contributed by atoms with van der Waals surface area (Å²) in [5.41, 5.74) is 5.43. The molecule has 1 aliphatic rings. The van der Waals surface area contributed by atoms with Crippen LogP contribution in [0.4, 0.5) is 0 Å². The van der Waals surface area contributed by atoms with Gasteiger partial charge >= 0.3 is 17.9 Å². The standard InChI is InChI=1S/C17H26N4O10/c18-8(6-13(25)26)14(27)19-9(3-4-12(23)24)15(28)20-10(7-22)16(29)21-5-1-2-11(21)17(30)31/h8-11,22H,1-7,18H2,(H,19,27)(H,20,28)(H,23,24)(H,25,26)(H,30,31). The Morgan fingerprint density at radius 3 is 2.10 bits per heavy atom. The van der Waals surface area contributed by atoms with Gasteiger partial charge in [0.15, 0.2) is 0 Å². The van der Waals surface area contributed by atoms with Crippen molar-refractivity contribution in [1.82, 2.24) is 15.5 Å². The van der Waals surface area contributed by atoms with Crippen molar-refractivity contribution in [1.29, 1.82) is 0 Å². The number of likely N-dealkylation sites (tertiary alicyclic amines) is 1. The molecule has 4 atom stereocenters. The predicted molar refractivity (Wildman–Crippen MR) is 100 cm³/mol. The fourth-order valence-electron chi connectivity index (χ4n) is 3.04. The van der Waals surface area contributed by atoms with E-state index < -0.39 is 85.7 Å². The van der Waals surface area contributed by atoms with E-state index in [0.717, 1.165) is 4.90 Å². The van der Waals surface area contributed by atoms with Gasteiger partial charge in [0.25, 0.3) is 0 Å². The number of hydrogen-bond donors (Lipinski definition) is 7. The number of carbonyl (C=O) groups is 6. The normalized spacial score (nSPS) is 18.5. The molecule has 8 N–H and O–H groups in total. The number of carboxylic acids is 3. The lowest BCUT2D eigenvalue weighted by Gasteiger charge is -2.28. The Labute approximate surface area is 176 Å². The fraction of sp³-hybridized carbons (Fsp3) is 0.647. The van der Waals surface area contributed by atoms with Gasteiger partial charge in [0.05, 0.1) is 19.1 Å². The predicted octanol–water partition coefficient (Wildman–Crippen LogP) is -3.31. The molecule has 0 aromatic rings. The van der Waals surface area contributed by atoms with Crippen LogP contribution in [-0.2, 0) is 28.8 Å². The van der Waals surface area contributed by atoms with Gasteiger partial charge in [0, 0.05) is 13.0 Å². The van der Waals surface area contributed by atoms with E-state index in [4.69, 9.17) is 15.9 Å². The van der Waals surface area contributed by atoms with Gasteiger partial charge in [-0.05, 0) is 19.3 Å². The number of amides is 3. The lowest BCUT2D eigenvalue weighted by Crippen LogP contribution is -2.58. The Morgan fingerprint density at radius 1 is 0.968 bits per heavy atom. The second-order valence-corrected chi connectivity index (χ2v) is 6.97. The molecule has 14 heteroatoms. The number of aliphatic hydroxyl groups is 1. The highest BCUT2D eigenvalue weighted by Gasteiger charge is 2.38. The molecule has 0 aromatic heterocycles. The van der Waals surface area contributed by atoms with Crippen molar-refractivity contribution in [3.63, 3.8) is 0 Å². The van der Waals surface area contributed by atoms with Crippen molar-refractivity contribution >= 4 is 35.6 Å². The minimum atomic E-state index is -1.52. The highest BCUT2D eigenvalue weighted by molar-refractivity contribution is 5.95. The quantitative estimate of drug-likeness (QED) is 0.157. The Balaban J connectivity index is 2.89. The molecule has 0 spiro atoms. The van der Waals surface area contributed by atoms with E-state index in [1.54, 1.807) is 0 Å². The van der Waals surface area contributed by atoms with E-state index in [0.29, 0.717) is 6.42 Å².